The molecule has 3 aliphatic rings. The van der Waals surface area contributed by atoms with Crippen molar-refractivity contribution in [1.82, 2.24) is 10.3 Å². The number of hydrogen-bond acceptors (Lipinski definition) is 7. The molecule has 0 saturated carbocycles. The zero-order valence-corrected chi connectivity index (χ0v) is 14.6. The van der Waals surface area contributed by atoms with Crippen LogP contribution in [0.1, 0.15) is 25.7 Å². The lowest BCUT2D eigenvalue weighted by Crippen LogP contribution is -2.46. The first-order chi connectivity index (χ1) is 11.2. The summed E-state index contributed by atoms with van der Waals surface area (Å²) in [5.74, 6) is -0.950. The summed E-state index contributed by atoms with van der Waals surface area (Å²) >= 11 is 0. The van der Waals surface area contributed by atoms with Crippen molar-refractivity contribution in [3.8, 4) is 0 Å². The van der Waals surface area contributed by atoms with Gasteiger partial charge in [-0.1, -0.05) is 0 Å². The van der Waals surface area contributed by atoms with Gasteiger partial charge in [-0.3, -0.25) is 9.59 Å². The lowest BCUT2D eigenvalue weighted by Gasteiger charge is -2.27. The Hall–Kier alpha value is -1.49. The molecule has 2 unspecified atom stereocenters. The van der Waals surface area contributed by atoms with E-state index in [1.807, 2.05) is 0 Å². The monoisotopic (exact) mass is 377 g/mol. The molecule has 3 aliphatic heterocycles. The third kappa shape index (κ3) is 3.77. The molecule has 0 aliphatic carbocycles. The van der Waals surface area contributed by atoms with Gasteiger partial charge in [0.2, 0.25) is 5.91 Å². The molecule has 2 fully saturated rings. The minimum Gasteiger partial charge on any atom is -0.347 e. The average Bonchev–Trinajstić information content (AvgIpc) is 3.01. The van der Waals surface area contributed by atoms with E-state index in [4.69, 9.17) is 0 Å². The molecule has 0 aromatic carbocycles. The van der Waals surface area contributed by atoms with E-state index in [0.29, 0.717) is 12.8 Å². The fraction of sp³-hybridized carbons (Fsp3) is 0.769. The molecule has 24 heavy (non-hydrogen) atoms. The lowest BCUT2D eigenvalue weighted by molar-refractivity contribution is -0.133. The SMILES string of the molecule is O=C(NC1CCS(=O)(=O)C1)C1=NN(C2CCS(=O)(=O)C2)C(=O)CC1. The quantitative estimate of drug-likeness (QED) is 0.634. The largest absolute Gasteiger partial charge is 0.347 e. The van der Waals surface area contributed by atoms with Crippen LogP contribution < -0.4 is 5.32 Å². The van der Waals surface area contributed by atoms with Gasteiger partial charge in [-0.05, 0) is 12.8 Å². The Morgan fingerprint density at radius 2 is 1.71 bits per heavy atom. The van der Waals surface area contributed by atoms with Crippen LogP contribution in [0.15, 0.2) is 5.10 Å². The molecular weight excluding hydrogens is 358 g/mol. The van der Waals surface area contributed by atoms with E-state index >= 15 is 0 Å². The summed E-state index contributed by atoms with van der Waals surface area (Å²) in [6.07, 6.45) is 0.935. The first-order valence-electron chi connectivity index (χ1n) is 7.76. The van der Waals surface area contributed by atoms with Crippen LogP contribution in [0.4, 0.5) is 0 Å². The van der Waals surface area contributed by atoms with Crippen molar-refractivity contribution in [1.29, 1.82) is 0 Å². The minimum absolute atomic E-state index is 0.0123. The van der Waals surface area contributed by atoms with Gasteiger partial charge >= 0.3 is 0 Å². The number of sulfone groups is 2. The predicted octanol–water partition coefficient (Wildman–Crippen LogP) is -1.54. The van der Waals surface area contributed by atoms with Crippen LogP contribution in [0.2, 0.25) is 0 Å². The fourth-order valence-electron chi connectivity index (χ4n) is 3.17. The average molecular weight is 377 g/mol. The number of amides is 2. The van der Waals surface area contributed by atoms with Gasteiger partial charge in [-0.2, -0.15) is 5.10 Å². The van der Waals surface area contributed by atoms with E-state index in [-0.39, 0.29) is 47.5 Å². The number of carbonyl (C=O) groups excluding carboxylic acids is 2. The fourth-order valence-corrected chi connectivity index (χ4v) is 6.53. The maximum Gasteiger partial charge on any atom is 0.267 e. The molecule has 0 aromatic rings. The van der Waals surface area contributed by atoms with Crippen LogP contribution in [-0.2, 0) is 29.3 Å². The molecule has 134 valence electrons. The number of hydrogen-bond donors (Lipinski definition) is 1. The Bertz CT molecular complexity index is 802. The second-order valence-electron chi connectivity index (χ2n) is 6.42. The molecule has 9 nitrogen and oxygen atoms in total. The van der Waals surface area contributed by atoms with Gasteiger partial charge in [0, 0.05) is 18.9 Å². The normalized spacial score (nSPS) is 31.8. The van der Waals surface area contributed by atoms with Crippen molar-refractivity contribution in [3.63, 3.8) is 0 Å². The molecular formula is C13H19N3O6S2. The van der Waals surface area contributed by atoms with E-state index in [9.17, 15) is 26.4 Å². The minimum atomic E-state index is -3.17. The molecule has 11 heteroatoms. The van der Waals surface area contributed by atoms with Crippen LogP contribution >= 0.6 is 0 Å². The lowest BCUT2D eigenvalue weighted by atomic mass is 10.1. The second-order valence-corrected chi connectivity index (χ2v) is 10.9. The molecule has 2 atom stereocenters. The van der Waals surface area contributed by atoms with Crippen molar-refractivity contribution < 1.29 is 26.4 Å². The van der Waals surface area contributed by atoms with Crippen LogP contribution in [-0.4, -0.2) is 74.5 Å². The molecule has 0 radical (unpaired) electrons. The molecule has 2 saturated heterocycles. The molecule has 1 N–H and O–H groups in total. The van der Waals surface area contributed by atoms with Gasteiger partial charge < -0.3 is 5.32 Å². The van der Waals surface area contributed by atoms with Crippen molar-refractivity contribution in [3.05, 3.63) is 0 Å². The zero-order valence-electron chi connectivity index (χ0n) is 13.0. The standard InChI is InChI=1S/C13H19N3O6S2/c17-12-2-1-11(13(18)14-9-3-5-23(19,20)7-9)15-16(12)10-4-6-24(21,22)8-10/h9-10H,1-8H2,(H,14,18). The Labute approximate surface area is 140 Å². The topological polar surface area (TPSA) is 130 Å². The van der Waals surface area contributed by atoms with Crippen LogP contribution in [0, 0.1) is 0 Å². The highest BCUT2D eigenvalue weighted by molar-refractivity contribution is 7.91. The number of nitrogens with zero attached hydrogens (tertiary/aromatic N) is 2. The van der Waals surface area contributed by atoms with E-state index in [1.54, 1.807) is 0 Å². The summed E-state index contributed by atoms with van der Waals surface area (Å²) in [5, 5.41) is 7.82. The Morgan fingerprint density at radius 3 is 2.29 bits per heavy atom. The van der Waals surface area contributed by atoms with Gasteiger partial charge in [0.05, 0.1) is 29.1 Å². The summed E-state index contributed by atoms with van der Waals surface area (Å²) in [6, 6.07) is -0.972. The van der Waals surface area contributed by atoms with Gasteiger partial charge in [0.15, 0.2) is 19.7 Å². The number of rotatable bonds is 3. The van der Waals surface area contributed by atoms with Gasteiger partial charge in [0.1, 0.15) is 5.71 Å². The third-order valence-electron chi connectivity index (χ3n) is 4.44. The van der Waals surface area contributed by atoms with Gasteiger partial charge in [0.25, 0.3) is 5.91 Å². The number of hydrazone groups is 1. The smallest absolute Gasteiger partial charge is 0.267 e. The van der Waals surface area contributed by atoms with Crippen LogP contribution in [0.3, 0.4) is 0 Å². The summed E-state index contributed by atoms with van der Waals surface area (Å²) in [4.78, 5) is 24.3. The van der Waals surface area contributed by atoms with Crippen molar-refractivity contribution in [2.75, 3.05) is 23.0 Å². The van der Waals surface area contributed by atoms with Crippen molar-refractivity contribution in [2.45, 2.75) is 37.8 Å². The molecule has 0 spiro atoms. The first kappa shape index (κ1) is 17.3. The van der Waals surface area contributed by atoms with Crippen molar-refractivity contribution >= 4 is 37.2 Å². The predicted molar refractivity (Wildman–Crippen MR) is 85.8 cm³/mol. The summed E-state index contributed by atoms with van der Waals surface area (Å²) in [5.41, 5.74) is 0.142. The summed E-state index contributed by atoms with van der Waals surface area (Å²) in [6.45, 7) is 0. The molecule has 0 bridgehead atoms. The highest BCUT2D eigenvalue weighted by atomic mass is 32.2. The molecule has 3 rings (SSSR count). The molecule has 3 heterocycles. The highest BCUT2D eigenvalue weighted by Crippen LogP contribution is 2.22. The number of nitrogens with one attached hydrogen (secondary N) is 1. The molecule has 0 aromatic heterocycles. The molecule has 2 amide bonds. The Morgan fingerprint density at radius 1 is 1.04 bits per heavy atom. The summed E-state index contributed by atoms with van der Waals surface area (Å²) in [7, 11) is -6.27. The van der Waals surface area contributed by atoms with Crippen molar-refractivity contribution in [2.24, 2.45) is 5.10 Å². The van der Waals surface area contributed by atoms with Gasteiger partial charge in [-0.15, -0.1) is 0 Å². The Kier molecular flexibility index (Phi) is 4.41. The maximum absolute atomic E-state index is 12.3. The first-order valence-corrected chi connectivity index (χ1v) is 11.4. The van der Waals surface area contributed by atoms with E-state index in [1.165, 1.54) is 0 Å². The van der Waals surface area contributed by atoms with E-state index < -0.39 is 37.7 Å². The number of carbonyl (C=O) groups is 2. The van der Waals surface area contributed by atoms with E-state index in [0.717, 1.165) is 5.01 Å². The Balaban J connectivity index is 1.70. The highest BCUT2D eigenvalue weighted by Gasteiger charge is 2.38. The zero-order chi connectivity index (χ0) is 17.5. The maximum atomic E-state index is 12.3. The van der Waals surface area contributed by atoms with Crippen LogP contribution in [0.25, 0.3) is 0 Å². The van der Waals surface area contributed by atoms with Gasteiger partial charge in [-0.25, -0.2) is 21.8 Å². The summed E-state index contributed by atoms with van der Waals surface area (Å²) < 4.78 is 46.0. The third-order valence-corrected chi connectivity index (χ3v) is 7.96. The second kappa shape index (κ2) is 6.10. The van der Waals surface area contributed by atoms with Crippen LogP contribution in [0.5, 0.6) is 0 Å². The van der Waals surface area contributed by atoms with E-state index in [2.05, 4.69) is 10.4 Å².